The molecule has 0 amide bonds. The highest BCUT2D eigenvalue weighted by atomic mass is 79.9. The molecule has 0 aromatic heterocycles. The Hall–Kier alpha value is -0.420. The first-order valence-corrected chi connectivity index (χ1v) is 5.64. The van der Waals surface area contributed by atoms with Crippen molar-refractivity contribution in [3.63, 3.8) is 0 Å². The molecule has 4 N–H and O–H groups in total. The summed E-state index contributed by atoms with van der Waals surface area (Å²) in [4.78, 5) is 0. The van der Waals surface area contributed by atoms with Crippen molar-refractivity contribution < 1.29 is 10.2 Å². The summed E-state index contributed by atoms with van der Waals surface area (Å²) in [5.74, 6) is 0. The van der Waals surface area contributed by atoms with Crippen LogP contribution in [0.25, 0.3) is 0 Å². The van der Waals surface area contributed by atoms with Gasteiger partial charge >= 0.3 is 0 Å². The molecule has 0 aliphatic carbocycles. The Morgan fingerprint density at radius 1 is 1.13 bits per heavy atom. The molecule has 1 aromatic carbocycles. The standard InChI is InChI=1S/C11H16BrNO2/c12-10-3-1-9(2-4-10)5-6-11(13,7-14)8-15/h1-4,14-15H,5-8,13H2. The summed E-state index contributed by atoms with van der Waals surface area (Å²) >= 11 is 3.36. The third kappa shape index (κ3) is 3.91. The molecule has 84 valence electrons. The number of aryl methyl sites for hydroxylation is 1. The Labute approximate surface area is 98.1 Å². The molecule has 0 heterocycles. The molecule has 0 atom stereocenters. The lowest BCUT2D eigenvalue weighted by atomic mass is 9.94. The van der Waals surface area contributed by atoms with E-state index in [9.17, 15) is 0 Å². The molecule has 3 nitrogen and oxygen atoms in total. The zero-order valence-corrected chi connectivity index (χ0v) is 10.1. The molecule has 0 spiro atoms. The SMILES string of the molecule is NC(CO)(CO)CCc1ccc(Br)cc1. The molecule has 0 radical (unpaired) electrons. The van der Waals surface area contributed by atoms with Crippen LogP contribution in [-0.2, 0) is 6.42 Å². The van der Waals surface area contributed by atoms with Gasteiger partial charge in [0.2, 0.25) is 0 Å². The lowest BCUT2D eigenvalue weighted by Crippen LogP contribution is -2.47. The Morgan fingerprint density at radius 2 is 1.67 bits per heavy atom. The van der Waals surface area contributed by atoms with Crippen LogP contribution in [0.3, 0.4) is 0 Å². The summed E-state index contributed by atoms with van der Waals surface area (Å²) in [5, 5.41) is 18.0. The molecule has 0 fully saturated rings. The quantitative estimate of drug-likeness (QED) is 0.752. The molecular formula is C11H16BrNO2. The fourth-order valence-electron chi connectivity index (χ4n) is 1.25. The third-order valence-corrected chi connectivity index (χ3v) is 2.98. The number of benzene rings is 1. The lowest BCUT2D eigenvalue weighted by Gasteiger charge is -2.24. The maximum absolute atomic E-state index is 9.01. The first-order chi connectivity index (χ1) is 7.09. The second kappa shape index (κ2) is 5.61. The average Bonchev–Trinajstić information content (AvgIpc) is 2.28. The van der Waals surface area contributed by atoms with Crippen molar-refractivity contribution in [1.29, 1.82) is 0 Å². The monoisotopic (exact) mass is 273 g/mol. The summed E-state index contributed by atoms with van der Waals surface area (Å²) in [6, 6.07) is 7.93. The van der Waals surface area contributed by atoms with Crippen LogP contribution in [0.15, 0.2) is 28.7 Å². The van der Waals surface area contributed by atoms with Gasteiger partial charge in [-0.15, -0.1) is 0 Å². The van der Waals surface area contributed by atoms with Crippen LogP contribution in [0, 0.1) is 0 Å². The van der Waals surface area contributed by atoms with Gasteiger partial charge in [0.25, 0.3) is 0 Å². The van der Waals surface area contributed by atoms with Gasteiger partial charge in [0.15, 0.2) is 0 Å². The first-order valence-electron chi connectivity index (χ1n) is 4.85. The Bertz CT molecular complexity index is 296. The number of aliphatic hydroxyl groups is 2. The molecule has 0 unspecified atom stereocenters. The Balaban J connectivity index is 2.53. The van der Waals surface area contributed by atoms with Crippen molar-refractivity contribution >= 4 is 15.9 Å². The maximum atomic E-state index is 9.01. The number of rotatable bonds is 5. The summed E-state index contributed by atoms with van der Waals surface area (Å²) in [6.07, 6.45) is 1.33. The van der Waals surface area contributed by atoms with Crippen LogP contribution in [-0.4, -0.2) is 29.0 Å². The van der Waals surface area contributed by atoms with E-state index in [-0.39, 0.29) is 13.2 Å². The van der Waals surface area contributed by atoms with Crippen molar-refractivity contribution in [2.24, 2.45) is 5.73 Å². The summed E-state index contributed by atoms with van der Waals surface area (Å²) < 4.78 is 1.04. The largest absolute Gasteiger partial charge is 0.394 e. The van der Waals surface area contributed by atoms with E-state index in [1.54, 1.807) is 0 Å². The van der Waals surface area contributed by atoms with Crippen molar-refractivity contribution in [3.8, 4) is 0 Å². The number of halogens is 1. The van der Waals surface area contributed by atoms with Gasteiger partial charge in [0.05, 0.1) is 18.8 Å². The molecule has 1 rings (SSSR count). The minimum Gasteiger partial charge on any atom is -0.394 e. The zero-order valence-electron chi connectivity index (χ0n) is 8.49. The maximum Gasteiger partial charge on any atom is 0.0633 e. The van der Waals surface area contributed by atoms with Gasteiger partial charge in [-0.1, -0.05) is 28.1 Å². The third-order valence-electron chi connectivity index (χ3n) is 2.45. The van der Waals surface area contributed by atoms with Crippen LogP contribution < -0.4 is 5.73 Å². The van der Waals surface area contributed by atoms with Crippen LogP contribution >= 0.6 is 15.9 Å². The van der Waals surface area contributed by atoms with Crippen molar-refractivity contribution in [2.45, 2.75) is 18.4 Å². The topological polar surface area (TPSA) is 66.5 Å². The summed E-state index contributed by atoms with van der Waals surface area (Å²) in [5.41, 5.74) is 6.05. The van der Waals surface area contributed by atoms with E-state index in [1.165, 1.54) is 0 Å². The highest BCUT2D eigenvalue weighted by Crippen LogP contribution is 2.14. The summed E-state index contributed by atoms with van der Waals surface area (Å²) in [7, 11) is 0. The molecule has 0 aliphatic rings. The second-order valence-electron chi connectivity index (χ2n) is 3.81. The Morgan fingerprint density at radius 3 is 2.13 bits per heavy atom. The number of nitrogens with two attached hydrogens (primary N) is 1. The smallest absolute Gasteiger partial charge is 0.0633 e. The van der Waals surface area contributed by atoms with Crippen molar-refractivity contribution in [2.75, 3.05) is 13.2 Å². The van der Waals surface area contributed by atoms with Crippen LogP contribution in [0.2, 0.25) is 0 Å². The van der Waals surface area contributed by atoms with E-state index in [2.05, 4.69) is 15.9 Å². The fourth-order valence-corrected chi connectivity index (χ4v) is 1.52. The van der Waals surface area contributed by atoms with Crippen LogP contribution in [0.4, 0.5) is 0 Å². The molecule has 0 saturated carbocycles. The van der Waals surface area contributed by atoms with Crippen molar-refractivity contribution in [3.05, 3.63) is 34.3 Å². The van der Waals surface area contributed by atoms with E-state index in [0.29, 0.717) is 6.42 Å². The van der Waals surface area contributed by atoms with Gasteiger partial charge < -0.3 is 15.9 Å². The molecule has 0 bridgehead atoms. The predicted molar refractivity (Wildman–Crippen MR) is 63.6 cm³/mol. The highest BCUT2D eigenvalue weighted by Gasteiger charge is 2.22. The van der Waals surface area contributed by atoms with Crippen molar-refractivity contribution in [1.82, 2.24) is 0 Å². The molecule has 4 heteroatoms. The molecule has 1 aromatic rings. The van der Waals surface area contributed by atoms with Gasteiger partial charge in [0.1, 0.15) is 0 Å². The second-order valence-corrected chi connectivity index (χ2v) is 4.72. The van der Waals surface area contributed by atoms with E-state index in [4.69, 9.17) is 15.9 Å². The normalized spacial score (nSPS) is 11.7. The van der Waals surface area contributed by atoms with Crippen LogP contribution in [0.5, 0.6) is 0 Å². The highest BCUT2D eigenvalue weighted by molar-refractivity contribution is 9.10. The van der Waals surface area contributed by atoms with Gasteiger partial charge in [-0.05, 0) is 30.5 Å². The van der Waals surface area contributed by atoms with E-state index >= 15 is 0 Å². The van der Waals surface area contributed by atoms with Gasteiger partial charge in [-0.2, -0.15) is 0 Å². The molecule has 0 aliphatic heterocycles. The fraction of sp³-hybridized carbons (Fsp3) is 0.455. The zero-order chi connectivity index (χ0) is 11.3. The number of hydrogen-bond acceptors (Lipinski definition) is 3. The summed E-state index contributed by atoms with van der Waals surface area (Å²) in [6.45, 7) is -0.389. The predicted octanol–water partition coefficient (Wildman–Crippen LogP) is 1.06. The average molecular weight is 274 g/mol. The number of aliphatic hydroxyl groups excluding tert-OH is 2. The lowest BCUT2D eigenvalue weighted by molar-refractivity contribution is 0.115. The van der Waals surface area contributed by atoms with E-state index in [1.807, 2.05) is 24.3 Å². The Kier molecular flexibility index (Phi) is 4.73. The molecule has 0 saturated heterocycles. The minimum absolute atomic E-state index is 0.194. The van der Waals surface area contributed by atoms with E-state index in [0.717, 1.165) is 16.5 Å². The molecule has 15 heavy (non-hydrogen) atoms. The van der Waals surface area contributed by atoms with Gasteiger partial charge in [-0.25, -0.2) is 0 Å². The number of hydrogen-bond donors (Lipinski definition) is 3. The van der Waals surface area contributed by atoms with Gasteiger partial charge in [0, 0.05) is 4.47 Å². The molecular weight excluding hydrogens is 258 g/mol. The van der Waals surface area contributed by atoms with Crippen LogP contribution in [0.1, 0.15) is 12.0 Å². The van der Waals surface area contributed by atoms with Gasteiger partial charge in [-0.3, -0.25) is 0 Å². The minimum atomic E-state index is -0.868. The van der Waals surface area contributed by atoms with E-state index < -0.39 is 5.54 Å². The first kappa shape index (κ1) is 12.6.